The van der Waals surface area contributed by atoms with E-state index in [4.69, 9.17) is 9.47 Å². The van der Waals surface area contributed by atoms with Crippen LogP contribution >= 0.6 is 0 Å². The first kappa shape index (κ1) is 11.1. The van der Waals surface area contributed by atoms with E-state index in [2.05, 4.69) is 0 Å². The lowest BCUT2D eigenvalue weighted by Gasteiger charge is -2.19. The molecule has 1 heterocycles. The van der Waals surface area contributed by atoms with Crippen LogP contribution in [-0.2, 0) is 20.9 Å². The van der Waals surface area contributed by atoms with Crippen molar-refractivity contribution in [3.8, 4) is 0 Å². The summed E-state index contributed by atoms with van der Waals surface area (Å²) in [6.45, 7) is 3.36. The van der Waals surface area contributed by atoms with Crippen LogP contribution in [0.1, 0.15) is 18.9 Å². The molecule has 86 valence electrons. The lowest BCUT2D eigenvalue weighted by atomic mass is 9.90. The van der Waals surface area contributed by atoms with Gasteiger partial charge in [0.25, 0.3) is 0 Å². The van der Waals surface area contributed by atoms with Crippen LogP contribution in [-0.4, -0.2) is 19.2 Å². The Balaban J connectivity index is 1.89. The topological polar surface area (TPSA) is 35.5 Å². The van der Waals surface area contributed by atoms with Crippen LogP contribution in [0.5, 0.6) is 0 Å². The zero-order valence-electron chi connectivity index (χ0n) is 9.44. The maximum absolute atomic E-state index is 11.8. The molecule has 1 saturated heterocycles. The van der Waals surface area contributed by atoms with E-state index in [0.29, 0.717) is 19.8 Å². The number of benzene rings is 1. The van der Waals surface area contributed by atoms with Crippen LogP contribution < -0.4 is 0 Å². The predicted molar refractivity (Wildman–Crippen MR) is 59.8 cm³/mol. The van der Waals surface area contributed by atoms with E-state index in [1.54, 1.807) is 0 Å². The van der Waals surface area contributed by atoms with Crippen molar-refractivity contribution in [3.05, 3.63) is 35.9 Å². The van der Waals surface area contributed by atoms with E-state index in [1.807, 2.05) is 37.3 Å². The molecule has 1 aromatic carbocycles. The normalized spacial score (nSPS) is 24.3. The van der Waals surface area contributed by atoms with Crippen molar-refractivity contribution in [2.24, 2.45) is 5.41 Å². The fourth-order valence-corrected chi connectivity index (χ4v) is 1.73. The van der Waals surface area contributed by atoms with Crippen molar-refractivity contribution in [2.45, 2.75) is 20.0 Å². The monoisotopic (exact) mass is 220 g/mol. The second-order valence-electron chi connectivity index (χ2n) is 4.42. The lowest BCUT2D eigenvalue weighted by Crippen LogP contribution is -2.30. The van der Waals surface area contributed by atoms with E-state index >= 15 is 0 Å². The van der Waals surface area contributed by atoms with Gasteiger partial charge in [-0.25, -0.2) is 0 Å². The van der Waals surface area contributed by atoms with Gasteiger partial charge in [0.1, 0.15) is 6.61 Å². The largest absolute Gasteiger partial charge is 0.460 e. The maximum Gasteiger partial charge on any atom is 0.314 e. The van der Waals surface area contributed by atoms with Gasteiger partial charge in [0.2, 0.25) is 0 Å². The lowest BCUT2D eigenvalue weighted by molar-refractivity contribution is -0.156. The fraction of sp³-hybridized carbons (Fsp3) is 0.462. The van der Waals surface area contributed by atoms with Crippen molar-refractivity contribution in [2.75, 3.05) is 13.2 Å². The van der Waals surface area contributed by atoms with Crippen LogP contribution in [0.4, 0.5) is 0 Å². The summed E-state index contributed by atoms with van der Waals surface area (Å²) in [6, 6.07) is 9.70. The highest BCUT2D eigenvalue weighted by Gasteiger charge is 2.38. The van der Waals surface area contributed by atoms with Crippen molar-refractivity contribution in [3.63, 3.8) is 0 Å². The van der Waals surface area contributed by atoms with Crippen LogP contribution in [0, 0.1) is 5.41 Å². The molecule has 1 fully saturated rings. The first-order valence-electron chi connectivity index (χ1n) is 5.50. The molecule has 1 aliphatic heterocycles. The Morgan fingerprint density at radius 2 is 2.19 bits per heavy atom. The molecular weight excluding hydrogens is 204 g/mol. The highest BCUT2D eigenvalue weighted by atomic mass is 16.5. The molecule has 2 rings (SSSR count). The SMILES string of the molecule is CC1(C(=O)OCc2ccccc2)CCOC1. The number of carbonyl (C=O) groups excluding carboxylic acids is 1. The summed E-state index contributed by atoms with van der Waals surface area (Å²) >= 11 is 0. The molecule has 1 aromatic rings. The zero-order valence-corrected chi connectivity index (χ0v) is 9.44. The zero-order chi connectivity index (χ0) is 11.4. The average molecular weight is 220 g/mol. The third kappa shape index (κ3) is 2.42. The molecule has 0 spiro atoms. The summed E-state index contributed by atoms with van der Waals surface area (Å²) in [5.41, 5.74) is 0.563. The molecule has 1 aliphatic rings. The Hall–Kier alpha value is -1.35. The number of esters is 1. The molecule has 0 amide bonds. The van der Waals surface area contributed by atoms with Gasteiger partial charge in [-0.2, -0.15) is 0 Å². The molecule has 0 radical (unpaired) electrons. The van der Waals surface area contributed by atoms with Gasteiger partial charge >= 0.3 is 5.97 Å². The van der Waals surface area contributed by atoms with Crippen molar-refractivity contribution in [1.82, 2.24) is 0 Å². The van der Waals surface area contributed by atoms with E-state index in [-0.39, 0.29) is 5.97 Å². The van der Waals surface area contributed by atoms with Gasteiger partial charge in [-0.05, 0) is 18.9 Å². The number of ether oxygens (including phenoxy) is 2. The Kier molecular flexibility index (Phi) is 3.25. The fourth-order valence-electron chi connectivity index (χ4n) is 1.73. The Morgan fingerprint density at radius 3 is 2.81 bits per heavy atom. The third-order valence-electron chi connectivity index (χ3n) is 2.92. The van der Waals surface area contributed by atoms with Crippen LogP contribution in [0.15, 0.2) is 30.3 Å². The number of rotatable bonds is 3. The molecule has 0 aromatic heterocycles. The van der Waals surface area contributed by atoms with Gasteiger partial charge in [0.15, 0.2) is 0 Å². The molecule has 3 heteroatoms. The summed E-state index contributed by atoms with van der Waals surface area (Å²) in [5, 5.41) is 0. The summed E-state index contributed by atoms with van der Waals surface area (Å²) in [7, 11) is 0. The number of hydrogen-bond donors (Lipinski definition) is 0. The molecule has 0 bridgehead atoms. The molecule has 0 aliphatic carbocycles. The molecule has 1 unspecified atom stereocenters. The average Bonchev–Trinajstić information content (AvgIpc) is 2.76. The predicted octanol–water partition coefficient (Wildman–Crippen LogP) is 2.16. The molecule has 0 N–H and O–H groups in total. The third-order valence-corrected chi connectivity index (χ3v) is 2.92. The summed E-state index contributed by atoms with van der Waals surface area (Å²) < 4.78 is 10.5. The van der Waals surface area contributed by atoms with Crippen molar-refractivity contribution >= 4 is 5.97 Å². The van der Waals surface area contributed by atoms with Gasteiger partial charge in [-0.1, -0.05) is 30.3 Å². The highest BCUT2D eigenvalue weighted by molar-refractivity contribution is 5.76. The highest BCUT2D eigenvalue weighted by Crippen LogP contribution is 2.29. The van der Waals surface area contributed by atoms with E-state index in [1.165, 1.54) is 0 Å². The van der Waals surface area contributed by atoms with Crippen LogP contribution in [0.2, 0.25) is 0 Å². The molecule has 0 saturated carbocycles. The van der Waals surface area contributed by atoms with Gasteiger partial charge in [-0.15, -0.1) is 0 Å². The Labute approximate surface area is 95.4 Å². The molecule has 3 nitrogen and oxygen atoms in total. The number of carbonyl (C=O) groups is 1. The van der Waals surface area contributed by atoms with E-state index < -0.39 is 5.41 Å². The van der Waals surface area contributed by atoms with Gasteiger partial charge in [0.05, 0.1) is 12.0 Å². The smallest absolute Gasteiger partial charge is 0.314 e. The second kappa shape index (κ2) is 4.66. The van der Waals surface area contributed by atoms with Crippen LogP contribution in [0.3, 0.4) is 0 Å². The number of hydrogen-bond acceptors (Lipinski definition) is 3. The summed E-state index contributed by atoms with van der Waals surface area (Å²) in [4.78, 5) is 11.8. The van der Waals surface area contributed by atoms with E-state index in [9.17, 15) is 4.79 Å². The van der Waals surface area contributed by atoms with Gasteiger partial charge in [-0.3, -0.25) is 4.79 Å². The standard InChI is InChI=1S/C13H16O3/c1-13(7-8-15-10-13)12(14)16-9-11-5-3-2-4-6-11/h2-6H,7-10H2,1H3. The van der Waals surface area contributed by atoms with E-state index in [0.717, 1.165) is 12.0 Å². The summed E-state index contributed by atoms with van der Waals surface area (Å²) in [5.74, 6) is -0.158. The van der Waals surface area contributed by atoms with Gasteiger partial charge in [0, 0.05) is 6.61 Å². The van der Waals surface area contributed by atoms with Gasteiger partial charge < -0.3 is 9.47 Å². The summed E-state index contributed by atoms with van der Waals surface area (Å²) in [6.07, 6.45) is 0.751. The minimum atomic E-state index is -0.450. The first-order chi connectivity index (χ1) is 7.71. The van der Waals surface area contributed by atoms with Crippen LogP contribution in [0.25, 0.3) is 0 Å². The molecule has 16 heavy (non-hydrogen) atoms. The minimum Gasteiger partial charge on any atom is -0.460 e. The van der Waals surface area contributed by atoms with Crippen molar-refractivity contribution in [1.29, 1.82) is 0 Å². The second-order valence-corrected chi connectivity index (χ2v) is 4.42. The molecule has 1 atom stereocenters. The first-order valence-corrected chi connectivity index (χ1v) is 5.50. The quantitative estimate of drug-likeness (QED) is 0.732. The molecular formula is C13H16O3. The van der Waals surface area contributed by atoms with Crippen molar-refractivity contribution < 1.29 is 14.3 Å². The minimum absolute atomic E-state index is 0.158. The maximum atomic E-state index is 11.8. The Bertz CT molecular complexity index is 353. The Morgan fingerprint density at radius 1 is 1.44 bits per heavy atom.